The van der Waals surface area contributed by atoms with Crippen LogP contribution in [0.4, 0.5) is 4.79 Å². The maximum Gasteiger partial charge on any atom is 0.410 e. The number of thiazole rings is 1. The molecule has 0 bridgehead atoms. The van der Waals surface area contributed by atoms with Crippen LogP contribution in [-0.4, -0.2) is 85.5 Å². The Morgan fingerprint density at radius 1 is 0.976 bits per heavy atom. The molecule has 3 aromatic rings. The molecule has 1 saturated heterocycles. The van der Waals surface area contributed by atoms with Crippen LogP contribution in [0.5, 0.6) is 11.5 Å². The van der Waals surface area contributed by atoms with E-state index in [0.29, 0.717) is 48.1 Å². The lowest BCUT2D eigenvalue weighted by Gasteiger charge is -2.35. The van der Waals surface area contributed by atoms with E-state index in [9.17, 15) is 14.4 Å². The van der Waals surface area contributed by atoms with Gasteiger partial charge in [-0.25, -0.2) is 4.79 Å². The van der Waals surface area contributed by atoms with Crippen LogP contribution in [0, 0.1) is 0 Å². The number of unbranched alkanes of at least 4 members (excludes halogenated alkanes) is 1. The third kappa shape index (κ3) is 7.71. The number of hydrogen-bond donors (Lipinski definition) is 1. The molecule has 2 heterocycles. The van der Waals surface area contributed by atoms with Crippen molar-refractivity contribution in [1.29, 1.82) is 0 Å². The molecule has 2 aromatic carbocycles. The molecule has 0 atom stereocenters. The second kappa shape index (κ2) is 13.9. The zero-order valence-corrected chi connectivity index (χ0v) is 25.8. The number of nitrogens with zero attached hydrogens (tertiary/aromatic N) is 3. The molecule has 2 amide bonds. The van der Waals surface area contributed by atoms with Crippen LogP contribution in [0.15, 0.2) is 52.6 Å². The topological polar surface area (TPSA) is 102 Å². The summed E-state index contributed by atoms with van der Waals surface area (Å²) < 4.78 is 18.0. The minimum atomic E-state index is -0.489. The molecule has 1 aliphatic heterocycles. The highest BCUT2D eigenvalue weighted by molar-refractivity contribution is 7.07. The molecule has 4 rings (SSSR count). The molecule has 1 N–H and O–H groups in total. The van der Waals surface area contributed by atoms with Gasteiger partial charge in [0.25, 0.3) is 5.91 Å². The highest BCUT2D eigenvalue weighted by atomic mass is 32.1. The number of para-hydroxylation sites is 1. The lowest BCUT2D eigenvalue weighted by Crippen LogP contribution is -2.50. The first-order chi connectivity index (χ1) is 20.1. The standard InChI is InChI=1S/C31H40N4O6S/c1-31(2,3)41-29(37)34-18-16-33(17-19-34)15-7-6-14-32-28(36)23-11-8-10-22(20-23)25-21-42-30(38)35(25)24-12-9-13-26(39-4)27(24)40-5/h8-13,20-21H,6-7,14-19H2,1-5H3,(H,32,36). The van der Waals surface area contributed by atoms with Crippen LogP contribution in [0.1, 0.15) is 44.0 Å². The Bertz CT molecular complexity index is 1440. The molecule has 11 heteroatoms. The minimum Gasteiger partial charge on any atom is -0.493 e. The van der Waals surface area contributed by atoms with E-state index in [-0.39, 0.29) is 16.9 Å². The number of nitrogens with one attached hydrogen (secondary N) is 1. The van der Waals surface area contributed by atoms with Crippen molar-refractivity contribution in [3.63, 3.8) is 0 Å². The van der Waals surface area contributed by atoms with Crippen LogP contribution < -0.4 is 19.7 Å². The lowest BCUT2D eigenvalue weighted by molar-refractivity contribution is 0.0144. The summed E-state index contributed by atoms with van der Waals surface area (Å²) in [4.78, 5) is 42.0. The number of ether oxygens (including phenoxy) is 3. The molecule has 1 fully saturated rings. The fraction of sp³-hybridized carbons (Fsp3) is 0.452. The highest BCUT2D eigenvalue weighted by Crippen LogP contribution is 2.35. The van der Waals surface area contributed by atoms with E-state index in [1.807, 2.05) is 32.9 Å². The average Bonchev–Trinajstić information content (AvgIpc) is 3.36. The van der Waals surface area contributed by atoms with E-state index in [1.165, 1.54) is 7.11 Å². The SMILES string of the molecule is COc1cccc(-n2c(-c3cccc(C(=O)NCCCCN4CCN(C(=O)OC(C)(C)C)CC4)c3)csc2=O)c1OC. The van der Waals surface area contributed by atoms with E-state index >= 15 is 0 Å². The van der Waals surface area contributed by atoms with Gasteiger partial charge in [0.1, 0.15) is 5.60 Å². The molecule has 42 heavy (non-hydrogen) atoms. The third-order valence-corrected chi connectivity index (χ3v) is 7.67. The van der Waals surface area contributed by atoms with Crippen LogP contribution in [0.3, 0.4) is 0 Å². The van der Waals surface area contributed by atoms with Gasteiger partial charge in [-0.2, -0.15) is 0 Å². The second-order valence-corrected chi connectivity index (χ2v) is 11.9. The Balaban J connectivity index is 1.30. The minimum absolute atomic E-state index is 0.161. The van der Waals surface area contributed by atoms with Crippen molar-refractivity contribution >= 4 is 23.3 Å². The Hall–Kier alpha value is -3.83. The van der Waals surface area contributed by atoms with E-state index in [4.69, 9.17) is 14.2 Å². The summed E-state index contributed by atoms with van der Waals surface area (Å²) in [6.45, 7) is 10.0. The van der Waals surface area contributed by atoms with Gasteiger partial charge in [0.15, 0.2) is 11.5 Å². The number of rotatable bonds is 10. The summed E-state index contributed by atoms with van der Waals surface area (Å²) in [7, 11) is 3.09. The molecule has 1 aromatic heterocycles. The molecule has 0 radical (unpaired) electrons. The first-order valence-electron chi connectivity index (χ1n) is 14.1. The van der Waals surface area contributed by atoms with Gasteiger partial charge in [-0.05, 0) is 64.4 Å². The fourth-order valence-corrected chi connectivity index (χ4v) is 5.60. The van der Waals surface area contributed by atoms with Gasteiger partial charge in [-0.1, -0.05) is 29.5 Å². The van der Waals surface area contributed by atoms with Gasteiger partial charge in [0.2, 0.25) is 0 Å². The maximum absolute atomic E-state index is 13.0. The van der Waals surface area contributed by atoms with Crippen molar-refractivity contribution in [3.05, 3.63) is 63.1 Å². The van der Waals surface area contributed by atoms with Gasteiger partial charge in [0, 0.05) is 49.2 Å². The van der Waals surface area contributed by atoms with Crippen molar-refractivity contribution in [2.24, 2.45) is 0 Å². The summed E-state index contributed by atoms with van der Waals surface area (Å²) in [5.74, 6) is 0.821. The molecule has 0 saturated carbocycles. The van der Waals surface area contributed by atoms with Gasteiger partial charge in [-0.15, -0.1) is 0 Å². The molecular weight excluding hydrogens is 556 g/mol. The third-order valence-electron chi connectivity index (χ3n) is 6.95. The molecule has 0 spiro atoms. The summed E-state index contributed by atoms with van der Waals surface area (Å²) in [6.07, 6.45) is 1.53. The number of piperazine rings is 1. The molecule has 1 aliphatic rings. The number of methoxy groups -OCH3 is 2. The van der Waals surface area contributed by atoms with Gasteiger partial charge in [0.05, 0.1) is 25.6 Å². The second-order valence-electron chi connectivity index (χ2n) is 11.1. The molecule has 10 nitrogen and oxygen atoms in total. The van der Waals surface area contributed by atoms with Crippen molar-refractivity contribution in [2.45, 2.75) is 39.2 Å². The Morgan fingerprint density at radius 2 is 1.71 bits per heavy atom. The zero-order chi connectivity index (χ0) is 30.3. The average molecular weight is 597 g/mol. The van der Waals surface area contributed by atoms with Gasteiger partial charge < -0.3 is 24.4 Å². The zero-order valence-electron chi connectivity index (χ0n) is 25.0. The monoisotopic (exact) mass is 596 g/mol. The van der Waals surface area contributed by atoms with Crippen LogP contribution >= 0.6 is 11.3 Å². The number of amides is 2. The largest absolute Gasteiger partial charge is 0.493 e. The first kappa shape index (κ1) is 31.1. The van der Waals surface area contributed by atoms with Crippen molar-refractivity contribution in [3.8, 4) is 28.4 Å². The van der Waals surface area contributed by atoms with Gasteiger partial charge in [-0.3, -0.25) is 19.1 Å². The predicted octanol–water partition coefficient (Wildman–Crippen LogP) is 4.65. The number of benzene rings is 2. The normalized spacial score (nSPS) is 14.0. The summed E-state index contributed by atoms with van der Waals surface area (Å²) in [5.41, 5.74) is 2.01. The van der Waals surface area contributed by atoms with E-state index in [1.54, 1.807) is 52.3 Å². The van der Waals surface area contributed by atoms with Gasteiger partial charge >= 0.3 is 11.0 Å². The van der Waals surface area contributed by atoms with Crippen LogP contribution in [-0.2, 0) is 4.74 Å². The van der Waals surface area contributed by atoms with E-state index < -0.39 is 5.60 Å². The van der Waals surface area contributed by atoms with Crippen molar-refractivity contribution in [1.82, 2.24) is 19.7 Å². The molecule has 226 valence electrons. The van der Waals surface area contributed by atoms with E-state index in [2.05, 4.69) is 10.2 Å². The molecule has 0 unspecified atom stereocenters. The lowest BCUT2D eigenvalue weighted by atomic mass is 10.1. The first-order valence-corrected chi connectivity index (χ1v) is 15.0. The Labute approximate surface area is 250 Å². The smallest absolute Gasteiger partial charge is 0.410 e. The number of hydrogen-bond acceptors (Lipinski definition) is 8. The predicted molar refractivity (Wildman–Crippen MR) is 164 cm³/mol. The molecule has 0 aliphatic carbocycles. The van der Waals surface area contributed by atoms with Crippen LogP contribution in [0.25, 0.3) is 16.9 Å². The summed E-state index contributed by atoms with van der Waals surface area (Å²) in [6, 6.07) is 12.6. The summed E-state index contributed by atoms with van der Waals surface area (Å²) in [5, 5.41) is 4.80. The summed E-state index contributed by atoms with van der Waals surface area (Å²) >= 11 is 1.08. The number of carbonyl (C=O) groups excluding carboxylic acids is 2. The van der Waals surface area contributed by atoms with E-state index in [0.717, 1.165) is 49.4 Å². The van der Waals surface area contributed by atoms with Crippen LogP contribution in [0.2, 0.25) is 0 Å². The fourth-order valence-electron chi connectivity index (χ4n) is 4.85. The Morgan fingerprint density at radius 3 is 2.40 bits per heavy atom. The molecular formula is C31H40N4O6S. The highest BCUT2D eigenvalue weighted by Gasteiger charge is 2.25. The quantitative estimate of drug-likeness (QED) is 0.340. The van der Waals surface area contributed by atoms with Crippen molar-refractivity contribution < 1.29 is 23.8 Å². The van der Waals surface area contributed by atoms with Crippen molar-refractivity contribution in [2.75, 3.05) is 53.5 Å². The number of aromatic nitrogens is 1. The Kier molecular flexibility index (Phi) is 10.3. The number of carbonyl (C=O) groups is 2. The maximum atomic E-state index is 13.0.